The van der Waals surface area contributed by atoms with Gasteiger partial charge in [-0.1, -0.05) is 27.7 Å². The molecule has 0 aromatic carbocycles. The summed E-state index contributed by atoms with van der Waals surface area (Å²) in [6.07, 6.45) is 0.719. The van der Waals surface area contributed by atoms with E-state index in [1.807, 2.05) is 6.92 Å². The summed E-state index contributed by atoms with van der Waals surface area (Å²) in [6.45, 7) is 7.23. The van der Waals surface area contributed by atoms with E-state index in [9.17, 15) is 9.59 Å². The summed E-state index contributed by atoms with van der Waals surface area (Å²) in [5.74, 6) is -1.39. The van der Waals surface area contributed by atoms with Crippen LogP contribution in [0.15, 0.2) is 0 Å². The highest BCUT2D eigenvalue weighted by molar-refractivity contribution is 5.84. The third kappa shape index (κ3) is 3.77. The Morgan fingerprint density at radius 2 is 1.79 bits per heavy atom. The molecule has 0 aliphatic rings. The van der Waals surface area contributed by atoms with Gasteiger partial charge in [-0.05, 0) is 12.3 Å². The second-order valence-corrected chi connectivity index (χ2v) is 3.88. The molecule has 0 spiro atoms. The Bertz CT molecular complexity index is 213. The van der Waals surface area contributed by atoms with Gasteiger partial charge in [-0.2, -0.15) is 0 Å². The lowest BCUT2D eigenvalue weighted by molar-refractivity contribution is -0.143. The fraction of sp³-hybridized carbons (Fsp3) is 0.800. The molecule has 0 saturated heterocycles. The minimum absolute atomic E-state index is 0.0968. The number of carbonyl (C=O) groups is 2. The van der Waals surface area contributed by atoms with Gasteiger partial charge < -0.3 is 10.4 Å². The number of hydrogen-bond acceptors (Lipinski definition) is 2. The predicted molar refractivity (Wildman–Crippen MR) is 53.9 cm³/mol. The maximum atomic E-state index is 11.4. The zero-order valence-electron chi connectivity index (χ0n) is 9.20. The second kappa shape index (κ2) is 5.62. The van der Waals surface area contributed by atoms with Gasteiger partial charge in [0.1, 0.15) is 6.04 Å². The minimum atomic E-state index is -0.975. The van der Waals surface area contributed by atoms with Gasteiger partial charge >= 0.3 is 5.97 Å². The first-order chi connectivity index (χ1) is 6.40. The van der Waals surface area contributed by atoms with Crippen LogP contribution in [0.2, 0.25) is 0 Å². The number of aliphatic carboxylic acids is 1. The number of rotatable bonds is 5. The van der Waals surface area contributed by atoms with Crippen LogP contribution in [-0.2, 0) is 9.59 Å². The summed E-state index contributed by atoms with van der Waals surface area (Å²) in [5.41, 5.74) is 0. The molecule has 0 aromatic rings. The Balaban J connectivity index is 4.31. The monoisotopic (exact) mass is 201 g/mol. The van der Waals surface area contributed by atoms with Crippen LogP contribution in [0.1, 0.15) is 34.1 Å². The van der Waals surface area contributed by atoms with E-state index in [0.29, 0.717) is 0 Å². The highest BCUT2D eigenvalue weighted by atomic mass is 16.4. The summed E-state index contributed by atoms with van der Waals surface area (Å²) in [5, 5.41) is 11.4. The third-order valence-electron chi connectivity index (χ3n) is 2.29. The van der Waals surface area contributed by atoms with Crippen LogP contribution in [0, 0.1) is 11.8 Å². The third-order valence-corrected chi connectivity index (χ3v) is 2.29. The van der Waals surface area contributed by atoms with Gasteiger partial charge in [-0.3, -0.25) is 4.79 Å². The molecule has 4 heteroatoms. The fourth-order valence-electron chi connectivity index (χ4n) is 0.994. The number of nitrogens with one attached hydrogen (secondary N) is 1. The molecule has 0 fully saturated rings. The van der Waals surface area contributed by atoms with Crippen LogP contribution >= 0.6 is 0 Å². The van der Waals surface area contributed by atoms with Crippen LogP contribution in [0.5, 0.6) is 0 Å². The standard InChI is InChI=1S/C10H19NO3/c1-5-7(4)9(12)11-8(6(2)3)10(13)14/h6-8H,5H2,1-4H3,(H,11,12)(H,13,14)/t7-,8-/m0/s1. The summed E-state index contributed by atoms with van der Waals surface area (Å²) >= 11 is 0. The zero-order valence-corrected chi connectivity index (χ0v) is 9.20. The van der Waals surface area contributed by atoms with Gasteiger partial charge in [0, 0.05) is 5.92 Å². The Hall–Kier alpha value is -1.06. The number of carboxylic acids is 1. The van der Waals surface area contributed by atoms with Gasteiger partial charge in [-0.25, -0.2) is 4.79 Å². The average Bonchev–Trinajstić information content (AvgIpc) is 2.11. The number of carboxylic acid groups (broad SMARTS) is 1. The van der Waals surface area contributed by atoms with E-state index in [1.54, 1.807) is 20.8 Å². The normalized spacial score (nSPS) is 14.9. The molecule has 4 nitrogen and oxygen atoms in total. The second-order valence-electron chi connectivity index (χ2n) is 3.88. The molecule has 0 aliphatic heterocycles. The van der Waals surface area contributed by atoms with Crippen molar-refractivity contribution >= 4 is 11.9 Å². The smallest absolute Gasteiger partial charge is 0.326 e. The van der Waals surface area contributed by atoms with E-state index < -0.39 is 12.0 Å². The summed E-state index contributed by atoms with van der Waals surface area (Å²) in [6, 6.07) is -0.781. The van der Waals surface area contributed by atoms with E-state index in [4.69, 9.17) is 5.11 Å². The lowest BCUT2D eigenvalue weighted by Gasteiger charge is -2.19. The molecule has 2 N–H and O–H groups in total. The summed E-state index contributed by atoms with van der Waals surface area (Å²) in [7, 11) is 0. The average molecular weight is 201 g/mol. The highest BCUT2D eigenvalue weighted by Crippen LogP contribution is 2.05. The maximum absolute atomic E-state index is 11.4. The maximum Gasteiger partial charge on any atom is 0.326 e. The molecule has 0 radical (unpaired) electrons. The molecular weight excluding hydrogens is 182 g/mol. The van der Waals surface area contributed by atoms with Crippen molar-refractivity contribution in [3.05, 3.63) is 0 Å². The highest BCUT2D eigenvalue weighted by Gasteiger charge is 2.24. The van der Waals surface area contributed by atoms with E-state index in [2.05, 4.69) is 5.32 Å². The van der Waals surface area contributed by atoms with Gasteiger partial charge in [-0.15, -0.1) is 0 Å². The molecule has 0 aliphatic carbocycles. The van der Waals surface area contributed by atoms with Crippen molar-refractivity contribution in [3.63, 3.8) is 0 Å². The first-order valence-corrected chi connectivity index (χ1v) is 4.93. The van der Waals surface area contributed by atoms with Crippen molar-refractivity contribution in [3.8, 4) is 0 Å². The molecule has 82 valence electrons. The van der Waals surface area contributed by atoms with Gasteiger partial charge in [0.05, 0.1) is 0 Å². The number of carbonyl (C=O) groups excluding carboxylic acids is 1. The lowest BCUT2D eigenvalue weighted by Crippen LogP contribution is -2.46. The molecular formula is C10H19NO3. The molecule has 0 rings (SSSR count). The molecule has 2 atom stereocenters. The predicted octanol–water partition coefficient (Wildman–Crippen LogP) is 1.26. The molecule has 0 bridgehead atoms. The van der Waals surface area contributed by atoms with Crippen LogP contribution in [0.25, 0.3) is 0 Å². The van der Waals surface area contributed by atoms with E-state index in [0.717, 1.165) is 6.42 Å². The topological polar surface area (TPSA) is 66.4 Å². The largest absolute Gasteiger partial charge is 0.480 e. The van der Waals surface area contributed by atoms with Gasteiger partial charge in [0.2, 0.25) is 5.91 Å². The summed E-state index contributed by atoms with van der Waals surface area (Å²) in [4.78, 5) is 22.2. The lowest BCUT2D eigenvalue weighted by atomic mass is 10.0. The minimum Gasteiger partial charge on any atom is -0.480 e. The van der Waals surface area contributed by atoms with Gasteiger partial charge in [0.25, 0.3) is 0 Å². The number of hydrogen-bond donors (Lipinski definition) is 2. The van der Waals surface area contributed by atoms with Gasteiger partial charge in [0.15, 0.2) is 0 Å². The zero-order chi connectivity index (χ0) is 11.3. The van der Waals surface area contributed by atoms with E-state index in [-0.39, 0.29) is 17.7 Å². The van der Waals surface area contributed by atoms with Crippen LogP contribution < -0.4 is 5.32 Å². The van der Waals surface area contributed by atoms with E-state index >= 15 is 0 Å². The molecule has 0 aromatic heterocycles. The van der Waals surface area contributed by atoms with E-state index in [1.165, 1.54) is 0 Å². The van der Waals surface area contributed by atoms with Crippen molar-refractivity contribution in [1.29, 1.82) is 0 Å². The SMILES string of the molecule is CC[C@H](C)C(=O)N[C@H](C(=O)O)C(C)C. The Labute approximate surface area is 84.7 Å². The first-order valence-electron chi connectivity index (χ1n) is 4.93. The van der Waals surface area contributed by atoms with Crippen LogP contribution in [0.4, 0.5) is 0 Å². The van der Waals surface area contributed by atoms with Crippen molar-refractivity contribution in [2.45, 2.75) is 40.2 Å². The van der Waals surface area contributed by atoms with Crippen molar-refractivity contribution in [1.82, 2.24) is 5.32 Å². The first kappa shape index (κ1) is 12.9. The quantitative estimate of drug-likeness (QED) is 0.703. The Morgan fingerprint density at radius 3 is 2.07 bits per heavy atom. The van der Waals surface area contributed by atoms with Crippen LogP contribution in [0.3, 0.4) is 0 Å². The molecule has 1 amide bonds. The molecule has 0 saturated carbocycles. The molecule has 0 unspecified atom stereocenters. The van der Waals surface area contributed by atoms with Crippen molar-refractivity contribution < 1.29 is 14.7 Å². The summed E-state index contributed by atoms with van der Waals surface area (Å²) < 4.78 is 0. The fourth-order valence-corrected chi connectivity index (χ4v) is 0.994. The Kier molecular flexibility index (Phi) is 5.20. The Morgan fingerprint density at radius 1 is 1.29 bits per heavy atom. The van der Waals surface area contributed by atoms with Crippen molar-refractivity contribution in [2.24, 2.45) is 11.8 Å². The van der Waals surface area contributed by atoms with Crippen molar-refractivity contribution in [2.75, 3.05) is 0 Å². The molecule has 14 heavy (non-hydrogen) atoms. The number of amides is 1. The van der Waals surface area contributed by atoms with Crippen LogP contribution in [-0.4, -0.2) is 23.0 Å². The molecule has 0 heterocycles.